The largest absolute Gasteiger partial charge is 0.312 e. The van der Waals surface area contributed by atoms with Crippen molar-refractivity contribution >= 4 is 15.6 Å². The molecule has 0 saturated carbocycles. The van der Waals surface area contributed by atoms with Crippen LogP contribution in [-0.4, -0.2) is 48.1 Å². The van der Waals surface area contributed by atoms with Crippen molar-refractivity contribution in [1.29, 1.82) is 0 Å². The minimum absolute atomic E-state index is 0.0423. The Morgan fingerprint density at radius 1 is 1.61 bits per heavy atom. The first-order valence-electron chi connectivity index (χ1n) is 5.99. The van der Waals surface area contributed by atoms with Crippen molar-refractivity contribution in [2.45, 2.75) is 25.9 Å². The fourth-order valence-corrected chi connectivity index (χ4v) is 3.46. The van der Waals surface area contributed by atoms with Crippen molar-refractivity contribution in [2.75, 3.05) is 18.1 Å². The first-order chi connectivity index (χ1) is 8.50. The van der Waals surface area contributed by atoms with Gasteiger partial charge >= 0.3 is 0 Å². The molecule has 1 aromatic rings. The Labute approximate surface area is 106 Å². The Kier molecular flexibility index (Phi) is 3.82. The lowest BCUT2D eigenvalue weighted by atomic mass is 10.1. The maximum absolute atomic E-state index is 12.0. The summed E-state index contributed by atoms with van der Waals surface area (Å²) in [5, 5.41) is 7.10. The number of carbonyl (C=O) groups is 1. The average molecular weight is 271 g/mol. The molecular weight excluding hydrogens is 254 g/mol. The maximum Gasteiger partial charge on any atom is 0.167 e. The minimum atomic E-state index is -2.99. The van der Waals surface area contributed by atoms with Crippen LogP contribution in [0.1, 0.15) is 23.7 Å². The molecule has 100 valence electrons. The SMILES string of the molecule is CCn1cc(C(=O)CC2CS(=O)(=O)CCN2)cn1. The van der Waals surface area contributed by atoms with E-state index in [1.165, 1.54) is 6.20 Å². The van der Waals surface area contributed by atoms with Gasteiger partial charge in [-0.2, -0.15) is 5.10 Å². The quantitative estimate of drug-likeness (QED) is 0.771. The molecule has 2 rings (SSSR count). The Morgan fingerprint density at radius 3 is 3.00 bits per heavy atom. The van der Waals surface area contributed by atoms with Crippen molar-refractivity contribution < 1.29 is 13.2 Å². The predicted octanol–water partition coefficient (Wildman–Crippen LogP) is -0.138. The molecule has 7 heteroatoms. The van der Waals surface area contributed by atoms with Crippen LogP contribution in [0.4, 0.5) is 0 Å². The summed E-state index contributed by atoms with van der Waals surface area (Å²) in [7, 11) is -2.99. The molecule has 1 unspecified atom stereocenters. The highest BCUT2D eigenvalue weighted by Gasteiger charge is 2.26. The summed E-state index contributed by atoms with van der Waals surface area (Å²) in [5.74, 6) is 0.135. The van der Waals surface area contributed by atoms with E-state index in [0.29, 0.717) is 18.7 Å². The van der Waals surface area contributed by atoms with Crippen LogP contribution in [0, 0.1) is 0 Å². The molecule has 1 fully saturated rings. The molecule has 1 aliphatic heterocycles. The Bertz CT molecular complexity index is 535. The molecule has 0 amide bonds. The molecule has 1 aromatic heterocycles. The van der Waals surface area contributed by atoms with Gasteiger partial charge in [0.15, 0.2) is 15.6 Å². The smallest absolute Gasteiger partial charge is 0.167 e. The van der Waals surface area contributed by atoms with Crippen LogP contribution in [0.2, 0.25) is 0 Å². The number of sulfone groups is 1. The van der Waals surface area contributed by atoms with E-state index in [9.17, 15) is 13.2 Å². The van der Waals surface area contributed by atoms with Gasteiger partial charge < -0.3 is 5.32 Å². The Balaban J connectivity index is 1.99. The molecule has 0 aliphatic carbocycles. The number of carbonyl (C=O) groups excluding carboxylic acids is 1. The summed E-state index contributed by atoms with van der Waals surface area (Å²) in [4.78, 5) is 12.0. The third kappa shape index (κ3) is 3.17. The van der Waals surface area contributed by atoms with E-state index in [0.717, 1.165) is 0 Å². The van der Waals surface area contributed by atoms with E-state index in [1.807, 2.05) is 6.92 Å². The number of rotatable bonds is 4. The van der Waals surface area contributed by atoms with Gasteiger partial charge in [-0.25, -0.2) is 8.42 Å². The highest BCUT2D eigenvalue weighted by molar-refractivity contribution is 7.91. The summed E-state index contributed by atoms with van der Waals surface area (Å²) >= 11 is 0. The number of nitrogens with zero attached hydrogens (tertiary/aromatic N) is 2. The molecule has 0 aromatic carbocycles. The third-order valence-electron chi connectivity index (χ3n) is 3.01. The zero-order chi connectivity index (χ0) is 13.2. The first kappa shape index (κ1) is 13.2. The molecule has 0 radical (unpaired) electrons. The standard InChI is InChI=1S/C11H17N3O3S/c1-2-14-7-9(6-13-14)11(15)5-10-8-18(16,17)4-3-12-10/h6-7,10,12H,2-5,8H2,1H3. The summed E-state index contributed by atoms with van der Waals surface area (Å²) in [5.41, 5.74) is 0.543. The lowest BCUT2D eigenvalue weighted by Crippen LogP contribution is -2.45. The van der Waals surface area contributed by atoms with E-state index in [4.69, 9.17) is 0 Å². The van der Waals surface area contributed by atoms with Crippen molar-refractivity contribution in [2.24, 2.45) is 0 Å². The van der Waals surface area contributed by atoms with Crippen LogP contribution in [-0.2, 0) is 16.4 Å². The number of hydrogen-bond acceptors (Lipinski definition) is 5. The third-order valence-corrected chi connectivity index (χ3v) is 4.75. The van der Waals surface area contributed by atoms with Gasteiger partial charge in [-0.1, -0.05) is 0 Å². The second-order valence-corrected chi connectivity index (χ2v) is 6.71. The van der Waals surface area contributed by atoms with Gasteiger partial charge in [0.25, 0.3) is 0 Å². The van der Waals surface area contributed by atoms with Gasteiger partial charge in [-0.05, 0) is 6.92 Å². The first-order valence-corrected chi connectivity index (χ1v) is 7.82. The molecule has 1 atom stereocenters. The van der Waals surface area contributed by atoms with Gasteiger partial charge in [-0.15, -0.1) is 0 Å². The second-order valence-electron chi connectivity index (χ2n) is 4.48. The number of aromatic nitrogens is 2. The normalized spacial score (nSPS) is 22.8. The summed E-state index contributed by atoms with van der Waals surface area (Å²) in [6.07, 6.45) is 3.43. The lowest BCUT2D eigenvalue weighted by molar-refractivity contribution is 0.0971. The van der Waals surface area contributed by atoms with Gasteiger partial charge in [0.2, 0.25) is 0 Å². The monoisotopic (exact) mass is 271 g/mol. The van der Waals surface area contributed by atoms with Crippen LogP contribution in [0.25, 0.3) is 0 Å². The van der Waals surface area contributed by atoms with Gasteiger partial charge in [0.05, 0.1) is 23.3 Å². The maximum atomic E-state index is 12.0. The zero-order valence-corrected chi connectivity index (χ0v) is 11.1. The molecule has 0 spiro atoms. The Hall–Kier alpha value is -1.21. The van der Waals surface area contributed by atoms with Crippen LogP contribution in [0.15, 0.2) is 12.4 Å². The molecule has 2 heterocycles. The zero-order valence-electron chi connectivity index (χ0n) is 10.3. The number of aryl methyl sites for hydroxylation is 1. The summed E-state index contributed by atoms with van der Waals surface area (Å²) in [6.45, 7) is 3.08. The molecule has 18 heavy (non-hydrogen) atoms. The summed E-state index contributed by atoms with van der Waals surface area (Å²) in [6, 6.07) is -0.277. The fraction of sp³-hybridized carbons (Fsp3) is 0.636. The molecule has 1 N–H and O–H groups in total. The fourth-order valence-electron chi connectivity index (χ4n) is 2.02. The van der Waals surface area contributed by atoms with Crippen molar-refractivity contribution in [3.05, 3.63) is 18.0 Å². The van der Waals surface area contributed by atoms with Crippen LogP contribution in [0.3, 0.4) is 0 Å². The highest BCUT2D eigenvalue weighted by atomic mass is 32.2. The molecule has 6 nitrogen and oxygen atoms in total. The molecular formula is C11H17N3O3S. The van der Waals surface area contributed by atoms with E-state index >= 15 is 0 Å². The van der Waals surface area contributed by atoms with Gasteiger partial charge in [-0.3, -0.25) is 9.48 Å². The highest BCUT2D eigenvalue weighted by Crippen LogP contribution is 2.10. The van der Waals surface area contributed by atoms with Crippen LogP contribution >= 0.6 is 0 Å². The number of hydrogen-bond donors (Lipinski definition) is 1. The van der Waals surface area contributed by atoms with E-state index in [2.05, 4.69) is 10.4 Å². The molecule has 1 saturated heterocycles. The Morgan fingerprint density at radius 2 is 2.39 bits per heavy atom. The number of Topliss-reactive ketones (excluding diaryl/α,β-unsaturated/α-hetero) is 1. The predicted molar refractivity (Wildman–Crippen MR) is 67.3 cm³/mol. The molecule has 0 bridgehead atoms. The summed E-state index contributed by atoms with van der Waals surface area (Å²) < 4.78 is 24.6. The van der Waals surface area contributed by atoms with Crippen molar-refractivity contribution in [3.8, 4) is 0 Å². The topological polar surface area (TPSA) is 81.1 Å². The molecule has 1 aliphatic rings. The van der Waals surface area contributed by atoms with Gasteiger partial charge in [0, 0.05) is 31.7 Å². The number of nitrogens with one attached hydrogen (secondary N) is 1. The van der Waals surface area contributed by atoms with Crippen molar-refractivity contribution in [1.82, 2.24) is 15.1 Å². The lowest BCUT2D eigenvalue weighted by Gasteiger charge is -2.22. The van der Waals surface area contributed by atoms with Crippen LogP contribution < -0.4 is 5.32 Å². The average Bonchev–Trinajstić information content (AvgIpc) is 2.76. The minimum Gasteiger partial charge on any atom is -0.312 e. The van der Waals surface area contributed by atoms with Crippen LogP contribution in [0.5, 0.6) is 0 Å². The van der Waals surface area contributed by atoms with Gasteiger partial charge in [0.1, 0.15) is 0 Å². The van der Waals surface area contributed by atoms with E-state index < -0.39 is 9.84 Å². The van der Waals surface area contributed by atoms with E-state index in [-0.39, 0.29) is 29.8 Å². The number of ketones is 1. The van der Waals surface area contributed by atoms with Crippen molar-refractivity contribution in [3.63, 3.8) is 0 Å². The van der Waals surface area contributed by atoms with E-state index in [1.54, 1.807) is 10.9 Å². The second kappa shape index (κ2) is 5.19.